The van der Waals surface area contributed by atoms with E-state index in [0.717, 1.165) is 5.69 Å². The van der Waals surface area contributed by atoms with Crippen molar-refractivity contribution < 1.29 is 0 Å². The molecule has 1 heteroatoms. The van der Waals surface area contributed by atoms with E-state index in [2.05, 4.69) is 42.4 Å². The van der Waals surface area contributed by atoms with Gasteiger partial charge in [-0.05, 0) is 30.4 Å². The lowest BCUT2D eigenvalue weighted by atomic mass is 9.93. The Hall–Kier alpha value is -1.11. The van der Waals surface area contributed by atoms with Crippen LogP contribution in [0.25, 0.3) is 0 Å². The van der Waals surface area contributed by atoms with Gasteiger partial charge in [0.1, 0.15) is 0 Å². The summed E-state index contributed by atoms with van der Waals surface area (Å²) in [5.74, 6) is 0.667. The van der Waals surface area contributed by atoms with Gasteiger partial charge in [-0.1, -0.05) is 31.5 Å². The van der Waals surface area contributed by atoms with Crippen LogP contribution < -0.4 is 0 Å². The Kier molecular flexibility index (Phi) is 2.44. The summed E-state index contributed by atoms with van der Waals surface area (Å²) in [6.45, 7) is 2.23. The molecule has 0 aliphatic carbocycles. The minimum atomic E-state index is 0.667. The lowest BCUT2D eigenvalue weighted by molar-refractivity contribution is 0.614. The van der Waals surface area contributed by atoms with Gasteiger partial charge in [0.25, 0.3) is 0 Å². The van der Waals surface area contributed by atoms with Crippen LogP contribution in [0.1, 0.15) is 25.3 Å². The van der Waals surface area contributed by atoms with Gasteiger partial charge in [-0.2, -0.15) is 0 Å². The molecule has 1 aliphatic heterocycles. The molecule has 0 saturated heterocycles. The zero-order valence-corrected chi connectivity index (χ0v) is 8.03. The Morgan fingerprint density at radius 2 is 2.23 bits per heavy atom. The molecule has 1 heterocycles. The van der Waals surface area contributed by atoms with E-state index >= 15 is 0 Å². The Morgan fingerprint density at radius 1 is 1.38 bits per heavy atom. The van der Waals surface area contributed by atoms with Gasteiger partial charge in [-0.15, -0.1) is 0 Å². The molecule has 1 aromatic carbocycles. The maximum atomic E-state index is 4.47. The minimum Gasteiger partial charge on any atom is -0.261 e. The van der Waals surface area contributed by atoms with E-state index in [1.54, 1.807) is 0 Å². The molecule has 0 radical (unpaired) electrons. The van der Waals surface area contributed by atoms with E-state index in [-0.39, 0.29) is 0 Å². The molecular weight excluding hydrogens is 158 g/mol. The second-order valence-corrected chi connectivity index (χ2v) is 3.66. The molecule has 2 rings (SSSR count). The van der Waals surface area contributed by atoms with E-state index in [0.29, 0.717) is 5.92 Å². The van der Waals surface area contributed by atoms with Crippen LogP contribution in [0.3, 0.4) is 0 Å². The highest BCUT2D eigenvalue weighted by Gasteiger charge is 2.12. The molecule has 68 valence electrons. The average molecular weight is 173 g/mol. The number of hydrogen-bond acceptors (Lipinski definition) is 1. The van der Waals surface area contributed by atoms with Gasteiger partial charge in [0, 0.05) is 6.21 Å². The molecule has 0 amide bonds. The molecule has 13 heavy (non-hydrogen) atoms. The summed E-state index contributed by atoms with van der Waals surface area (Å²) in [4.78, 5) is 4.47. The molecule has 0 fully saturated rings. The standard InChI is InChI=1S/C12H15N/c1-2-5-10-8-11-6-3-4-7-12(11)13-9-10/h3-4,6-7,9-10H,2,5,8H2,1H3. The first kappa shape index (κ1) is 8.49. The summed E-state index contributed by atoms with van der Waals surface area (Å²) in [5, 5.41) is 0. The van der Waals surface area contributed by atoms with Crippen molar-refractivity contribution >= 4 is 11.9 Å². The van der Waals surface area contributed by atoms with Gasteiger partial charge in [0.2, 0.25) is 0 Å². The molecule has 0 N–H and O–H groups in total. The first-order chi connectivity index (χ1) is 6.40. The maximum Gasteiger partial charge on any atom is 0.0658 e. The Bertz CT molecular complexity index is 315. The zero-order valence-electron chi connectivity index (χ0n) is 8.03. The van der Waals surface area contributed by atoms with Crippen LogP contribution in [-0.4, -0.2) is 6.21 Å². The van der Waals surface area contributed by atoms with Gasteiger partial charge < -0.3 is 0 Å². The molecule has 1 unspecified atom stereocenters. The van der Waals surface area contributed by atoms with Gasteiger partial charge in [0.05, 0.1) is 5.69 Å². The number of hydrogen-bond donors (Lipinski definition) is 0. The van der Waals surface area contributed by atoms with Crippen LogP contribution in [0.2, 0.25) is 0 Å². The highest BCUT2D eigenvalue weighted by atomic mass is 14.7. The van der Waals surface area contributed by atoms with Gasteiger partial charge in [0.15, 0.2) is 0 Å². The summed E-state index contributed by atoms with van der Waals surface area (Å²) < 4.78 is 0. The normalized spacial score (nSPS) is 19.9. The third-order valence-electron chi connectivity index (χ3n) is 2.56. The Morgan fingerprint density at radius 3 is 3.08 bits per heavy atom. The molecule has 0 spiro atoms. The van der Waals surface area contributed by atoms with Crippen LogP contribution in [0.15, 0.2) is 29.3 Å². The third kappa shape index (κ3) is 1.80. The lowest BCUT2D eigenvalue weighted by Gasteiger charge is -2.17. The van der Waals surface area contributed by atoms with Crippen molar-refractivity contribution in [1.82, 2.24) is 0 Å². The van der Waals surface area contributed by atoms with Gasteiger partial charge in [-0.3, -0.25) is 4.99 Å². The number of nitrogens with zero attached hydrogens (tertiary/aromatic N) is 1. The highest BCUT2D eigenvalue weighted by Crippen LogP contribution is 2.27. The molecular formula is C12H15N. The maximum absolute atomic E-state index is 4.47. The minimum absolute atomic E-state index is 0.667. The van der Waals surface area contributed by atoms with Crippen molar-refractivity contribution in [3.63, 3.8) is 0 Å². The second-order valence-electron chi connectivity index (χ2n) is 3.66. The Labute approximate surface area is 79.5 Å². The topological polar surface area (TPSA) is 12.4 Å². The van der Waals surface area contributed by atoms with Gasteiger partial charge >= 0.3 is 0 Å². The summed E-state index contributed by atoms with van der Waals surface area (Å²) in [6.07, 6.45) is 5.80. The predicted molar refractivity (Wildman–Crippen MR) is 56.7 cm³/mol. The summed E-state index contributed by atoms with van der Waals surface area (Å²) in [5.41, 5.74) is 2.57. The second kappa shape index (κ2) is 3.73. The van der Waals surface area contributed by atoms with Crippen molar-refractivity contribution in [3.8, 4) is 0 Å². The predicted octanol–water partition coefficient (Wildman–Crippen LogP) is 3.36. The summed E-state index contributed by atoms with van der Waals surface area (Å²) >= 11 is 0. The number of rotatable bonds is 2. The summed E-state index contributed by atoms with van der Waals surface area (Å²) in [6, 6.07) is 8.43. The third-order valence-corrected chi connectivity index (χ3v) is 2.56. The highest BCUT2D eigenvalue weighted by molar-refractivity contribution is 5.71. The largest absolute Gasteiger partial charge is 0.261 e. The molecule has 0 aromatic heterocycles. The molecule has 0 bridgehead atoms. The number of para-hydroxylation sites is 1. The van der Waals surface area contributed by atoms with Crippen molar-refractivity contribution in [1.29, 1.82) is 0 Å². The molecule has 1 atom stereocenters. The van der Waals surface area contributed by atoms with Crippen molar-refractivity contribution in [2.75, 3.05) is 0 Å². The van der Waals surface area contributed by atoms with E-state index in [1.807, 2.05) is 0 Å². The van der Waals surface area contributed by atoms with Crippen molar-refractivity contribution in [3.05, 3.63) is 29.8 Å². The molecule has 1 aromatic rings. The lowest BCUT2D eigenvalue weighted by Crippen LogP contribution is -2.09. The van der Waals surface area contributed by atoms with Crippen LogP contribution in [0, 0.1) is 5.92 Å². The van der Waals surface area contributed by atoms with E-state index in [1.165, 1.54) is 24.8 Å². The number of benzene rings is 1. The van der Waals surface area contributed by atoms with E-state index in [4.69, 9.17) is 0 Å². The first-order valence-corrected chi connectivity index (χ1v) is 5.02. The van der Waals surface area contributed by atoms with Crippen LogP contribution in [0.5, 0.6) is 0 Å². The van der Waals surface area contributed by atoms with E-state index < -0.39 is 0 Å². The SMILES string of the molecule is CCCC1C=Nc2ccccc2C1. The zero-order chi connectivity index (χ0) is 9.10. The molecule has 1 nitrogen and oxygen atoms in total. The van der Waals surface area contributed by atoms with Crippen LogP contribution >= 0.6 is 0 Å². The number of fused-ring (bicyclic) bond motifs is 1. The smallest absolute Gasteiger partial charge is 0.0658 e. The fourth-order valence-electron chi connectivity index (χ4n) is 1.88. The van der Waals surface area contributed by atoms with Gasteiger partial charge in [-0.25, -0.2) is 0 Å². The quantitative estimate of drug-likeness (QED) is 0.650. The fourth-order valence-corrected chi connectivity index (χ4v) is 1.88. The summed E-state index contributed by atoms with van der Waals surface area (Å²) in [7, 11) is 0. The fraction of sp³-hybridized carbons (Fsp3) is 0.417. The van der Waals surface area contributed by atoms with Crippen LogP contribution in [0.4, 0.5) is 5.69 Å². The monoisotopic (exact) mass is 173 g/mol. The van der Waals surface area contributed by atoms with Crippen molar-refractivity contribution in [2.24, 2.45) is 10.9 Å². The first-order valence-electron chi connectivity index (χ1n) is 5.02. The molecule has 1 aliphatic rings. The molecule has 0 saturated carbocycles. The van der Waals surface area contributed by atoms with E-state index in [9.17, 15) is 0 Å². The number of aliphatic imine (C=N–C) groups is 1. The van der Waals surface area contributed by atoms with Crippen molar-refractivity contribution in [2.45, 2.75) is 26.2 Å². The Balaban J connectivity index is 2.19. The van der Waals surface area contributed by atoms with Crippen LogP contribution in [-0.2, 0) is 6.42 Å². The average Bonchev–Trinajstić information content (AvgIpc) is 2.18.